The lowest BCUT2D eigenvalue weighted by Crippen LogP contribution is -2.50. The summed E-state index contributed by atoms with van der Waals surface area (Å²) in [6.07, 6.45) is 2.71. The normalized spacial score (nSPS) is 13.9. The molecule has 1 heterocycles. The third kappa shape index (κ3) is 6.04. The molecular weight excluding hydrogens is 356 g/mol. The number of amides is 1. The van der Waals surface area contributed by atoms with E-state index in [0.717, 1.165) is 19.3 Å². The Labute approximate surface area is 149 Å². The van der Waals surface area contributed by atoms with Gasteiger partial charge in [0.2, 0.25) is 15.9 Å². The van der Waals surface area contributed by atoms with Crippen molar-refractivity contribution in [1.29, 1.82) is 0 Å². The molecule has 140 valence electrons. The van der Waals surface area contributed by atoms with Gasteiger partial charge in [-0.1, -0.05) is 24.9 Å². The minimum atomic E-state index is -3.88. The predicted molar refractivity (Wildman–Crippen MR) is 93.5 cm³/mol. The van der Waals surface area contributed by atoms with Crippen molar-refractivity contribution in [3.63, 3.8) is 0 Å². The second-order valence-electron chi connectivity index (χ2n) is 5.58. The first-order chi connectivity index (χ1) is 10.7. The van der Waals surface area contributed by atoms with Crippen molar-refractivity contribution >= 4 is 28.3 Å². The summed E-state index contributed by atoms with van der Waals surface area (Å²) in [5, 5.41) is 6.39. The molecule has 0 aromatic carbocycles. The molecule has 8 nitrogen and oxygen atoms in total. The zero-order valence-corrected chi connectivity index (χ0v) is 16.1. The molecule has 0 radical (unpaired) electrons. The van der Waals surface area contributed by atoms with Crippen LogP contribution in [0.5, 0.6) is 0 Å². The highest BCUT2D eigenvalue weighted by atomic mass is 35.5. The SMILES string of the molecule is CCCCC(CN)NC(=O)C(C)NS(=O)(=O)c1c(C)noc1C.Cl. The highest BCUT2D eigenvalue weighted by Gasteiger charge is 2.28. The molecule has 1 amide bonds. The monoisotopic (exact) mass is 382 g/mol. The maximum atomic E-state index is 12.4. The van der Waals surface area contributed by atoms with Gasteiger partial charge in [-0.05, 0) is 27.2 Å². The largest absolute Gasteiger partial charge is 0.360 e. The summed E-state index contributed by atoms with van der Waals surface area (Å²) in [5.74, 6) is -0.225. The predicted octanol–water partition coefficient (Wildman–Crippen LogP) is 1.01. The van der Waals surface area contributed by atoms with Gasteiger partial charge < -0.3 is 15.6 Å². The molecule has 2 unspecified atom stereocenters. The van der Waals surface area contributed by atoms with Crippen LogP contribution in [0.2, 0.25) is 0 Å². The Morgan fingerprint density at radius 1 is 1.38 bits per heavy atom. The first-order valence-electron chi connectivity index (χ1n) is 7.68. The average Bonchev–Trinajstić information content (AvgIpc) is 2.82. The summed E-state index contributed by atoms with van der Waals surface area (Å²) in [4.78, 5) is 12.1. The van der Waals surface area contributed by atoms with Crippen LogP contribution in [0.25, 0.3) is 0 Å². The lowest BCUT2D eigenvalue weighted by atomic mass is 10.1. The van der Waals surface area contributed by atoms with E-state index in [-0.39, 0.29) is 34.8 Å². The van der Waals surface area contributed by atoms with Gasteiger partial charge in [0, 0.05) is 12.6 Å². The fourth-order valence-corrected chi connectivity index (χ4v) is 3.76. The van der Waals surface area contributed by atoms with E-state index in [2.05, 4.69) is 22.1 Å². The Bertz CT molecular complexity index is 613. The fourth-order valence-electron chi connectivity index (χ4n) is 2.23. The summed E-state index contributed by atoms with van der Waals surface area (Å²) < 4.78 is 31.9. The van der Waals surface area contributed by atoms with Gasteiger partial charge in [0.25, 0.3) is 0 Å². The molecule has 0 bridgehead atoms. The zero-order chi connectivity index (χ0) is 17.6. The topological polar surface area (TPSA) is 127 Å². The summed E-state index contributed by atoms with van der Waals surface area (Å²) in [5.41, 5.74) is 5.89. The Balaban J connectivity index is 0.00000529. The molecule has 4 N–H and O–H groups in total. The molecule has 0 aliphatic heterocycles. The number of sulfonamides is 1. The summed E-state index contributed by atoms with van der Waals surface area (Å²) in [7, 11) is -3.88. The maximum Gasteiger partial charge on any atom is 0.246 e. The van der Waals surface area contributed by atoms with Gasteiger partial charge in [0.05, 0.1) is 6.04 Å². The zero-order valence-electron chi connectivity index (χ0n) is 14.5. The fraction of sp³-hybridized carbons (Fsp3) is 0.714. The highest BCUT2D eigenvalue weighted by Crippen LogP contribution is 2.18. The van der Waals surface area contributed by atoms with Crippen LogP contribution in [0.4, 0.5) is 0 Å². The van der Waals surface area contributed by atoms with Gasteiger partial charge in [-0.3, -0.25) is 4.79 Å². The van der Waals surface area contributed by atoms with Crippen LogP contribution in [-0.2, 0) is 14.8 Å². The Morgan fingerprint density at radius 3 is 2.46 bits per heavy atom. The van der Waals surface area contributed by atoms with Gasteiger partial charge in [0.15, 0.2) is 5.76 Å². The lowest BCUT2D eigenvalue weighted by molar-refractivity contribution is -0.123. The minimum Gasteiger partial charge on any atom is -0.360 e. The standard InChI is InChI=1S/C14H26N4O4S.ClH/c1-5-6-7-12(8-15)16-14(19)10(3)18-23(20,21)13-9(2)17-22-11(13)4;/h10,12,18H,5-8,15H2,1-4H3,(H,16,19);1H. The first-order valence-corrected chi connectivity index (χ1v) is 9.16. The molecule has 1 aromatic rings. The van der Waals surface area contributed by atoms with E-state index < -0.39 is 22.0 Å². The van der Waals surface area contributed by atoms with E-state index in [1.807, 2.05) is 0 Å². The second kappa shape index (κ2) is 9.97. The molecule has 24 heavy (non-hydrogen) atoms. The number of nitrogens with zero attached hydrogens (tertiary/aromatic N) is 1. The molecule has 0 fully saturated rings. The number of carbonyl (C=O) groups excluding carboxylic acids is 1. The van der Waals surface area contributed by atoms with E-state index in [4.69, 9.17) is 10.3 Å². The molecule has 1 rings (SSSR count). The van der Waals surface area contributed by atoms with E-state index in [0.29, 0.717) is 6.54 Å². The number of aromatic nitrogens is 1. The van der Waals surface area contributed by atoms with Crippen molar-refractivity contribution in [2.75, 3.05) is 6.54 Å². The van der Waals surface area contributed by atoms with Crippen molar-refractivity contribution < 1.29 is 17.7 Å². The third-order valence-electron chi connectivity index (χ3n) is 3.50. The van der Waals surface area contributed by atoms with Crippen LogP contribution in [0, 0.1) is 13.8 Å². The maximum absolute atomic E-state index is 12.4. The van der Waals surface area contributed by atoms with E-state index >= 15 is 0 Å². The Hall–Kier alpha value is -1.16. The number of halogens is 1. The minimum absolute atomic E-state index is 0. The van der Waals surface area contributed by atoms with E-state index in [1.165, 1.54) is 20.8 Å². The number of rotatable bonds is 9. The molecule has 1 aromatic heterocycles. The second-order valence-corrected chi connectivity index (χ2v) is 7.23. The van der Waals surface area contributed by atoms with Crippen LogP contribution in [0.3, 0.4) is 0 Å². The van der Waals surface area contributed by atoms with Gasteiger partial charge in [-0.25, -0.2) is 8.42 Å². The van der Waals surface area contributed by atoms with Crippen LogP contribution in [0.15, 0.2) is 9.42 Å². The number of hydrogen-bond acceptors (Lipinski definition) is 6. The van der Waals surface area contributed by atoms with E-state index in [1.54, 1.807) is 0 Å². The van der Waals surface area contributed by atoms with Crippen molar-refractivity contribution in [3.05, 3.63) is 11.5 Å². The van der Waals surface area contributed by atoms with Crippen LogP contribution in [-0.4, -0.2) is 38.1 Å². The summed E-state index contributed by atoms with van der Waals surface area (Å²) >= 11 is 0. The lowest BCUT2D eigenvalue weighted by Gasteiger charge is -2.20. The quantitative estimate of drug-likeness (QED) is 0.584. The summed E-state index contributed by atoms with van der Waals surface area (Å²) in [6.45, 7) is 6.89. The Kier molecular flexibility index (Phi) is 9.49. The van der Waals surface area contributed by atoms with Crippen LogP contribution >= 0.6 is 12.4 Å². The molecular formula is C14H27ClN4O4S. The van der Waals surface area contributed by atoms with Crippen molar-refractivity contribution in [2.24, 2.45) is 5.73 Å². The highest BCUT2D eigenvalue weighted by molar-refractivity contribution is 7.89. The number of nitrogens with two attached hydrogens (primary N) is 1. The first kappa shape index (κ1) is 22.8. The Morgan fingerprint density at radius 2 is 2.00 bits per heavy atom. The number of hydrogen-bond donors (Lipinski definition) is 3. The van der Waals surface area contributed by atoms with Gasteiger partial charge in [-0.2, -0.15) is 4.72 Å². The number of nitrogens with one attached hydrogen (secondary N) is 2. The third-order valence-corrected chi connectivity index (χ3v) is 5.28. The van der Waals surface area contributed by atoms with E-state index in [9.17, 15) is 13.2 Å². The van der Waals surface area contributed by atoms with Crippen molar-refractivity contribution in [3.8, 4) is 0 Å². The number of carbonyl (C=O) groups is 1. The molecule has 2 atom stereocenters. The van der Waals surface area contributed by atoms with Gasteiger partial charge in [0.1, 0.15) is 10.6 Å². The smallest absolute Gasteiger partial charge is 0.246 e. The van der Waals surface area contributed by atoms with Crippen molar-refractivity contribution in [1.82, 2.24) is 15.2 Å². The van der Waals surface area contributed by atoms with Gasteiger partial charge >= 0.3 is 0 Å². The molecule has 0 saturated heterocycles. The molecule has 0 aliphatic carbocycles. The number of aryl methyl sites for hydroxylation is 2. The molecule has 10 heteroatoms. The van der Waals surface area contributed by atoms with Crippen LogP contribution in [0.1, 0.15) is 44.6 Å². The average molecular weight is 383 g/mol. The molecule has 0 spiro atoms. The summed E-state index contributed by atoms with van der Waals surface area (Å²) in [6, 6.07) is -1.09. The molecule has 0 aliphatic rings. The van der Waals surface area contributed by atoms with Gasteiger partial charge in [-0.15, -0.1) is 12.4 Å². The number of unbranched alkanes of at least 4 members (excludes halogenated alkanes) is 1. The molecule has 0 saturated carbocycles. The van der Waals surface area contributed by atoms with Crippen LogP contribution < -0.4 is 15.8 Å². The van der Waals surface area contributed by atoms with Crippen molar-refractivity contribution in [2.45, 2.75) is 63.9 Å².